The van der Waals surface area contributed by atoms with E-state index in [1.54, 1.807) is 0 Å². The molecule has 20 heavy (non-hydrogen) atoms. The van der Waals surface area contributed by atoms with Gasteiger partial charge in [0, 0.05) is 13.1 Å². The molecule has 0 aromatic heterocycles. The maximum Gasteiger partial charge on any atom is 0.237 e. The van der Waals surface area contributed by atoms with Crippen molar-refractivity contribution in [3.8, 4) is 0 Å². The maximum atomic E-state index is 12.0. The summed E-state index contributed by atoms with van der Waals surface area (Å²) >= 11 is 0. The highest BCUT2D eigenvalue weighted by Crippen LogP contribution is 2.31. The van der Waals surface area contributed by atoms with Crippen molar-refractivity contribution in [1.29, 1.82) is 0 Å². The molecule has 1 saturated heterocycles. The minimum atomic E-state index is -0.361. The number of nitrogens with one attached hydrogen (secondary N) is 2. The van der Waals surface area contributed by atoms with Crippen LogP contribution < -0.4 is 10.6 Å². The Labute approximate surface area is 122 Å². The molecule has 4 heteroatoms. The SMILES string of the molecule is CCCCC1CCC(CNC(=O)C2CC(O)CN2)CC1. The lowest BCUT2D eigenvalue weighted by Gasteiger charge is -2.28. The van der Waals surface area contributed by atoms with E-state index in [9.17, 15) is 9.90 Å². The fourth-order valence-corrected chi connectivity index (χ4v) is 3.50. The zero-order chi connectivity index (χ0) is 14.4. The second kappa shape index (κ2) is 7.99. The van der Waals surface area contributed by atoms with Gasteiger partial charge in [-0.1, -0.05) is 39.0 Å². The van der Waals surface area contributed by atoms with E-state index in [1.807, 2.05) is 0 Å². The van der Waals surface area contributed by atoms with Crippen molar-refractivity contribution in [3.63, 3.8) is 0 Å². The van der Waals surface area contributed by atoms with E-state index in [-0.39, 0.29) is 18.1 Å². The molecular formula is C16H30N2O2. The van der Waals surface area contributed by atoms with Gasteiger partial charge in [-0.15, -0.1) is 0 Å². The van der Waals surface area contributed by atoms with Crippen LogP contribution in [0, 0.1) is 11.8 Å². The first kappa shape index (κ1) is 15.8. The zero-order valence-electron chi connectivity index (χ0n) is 12.7. The van der Waals surface area contributed by atoms with Crippen LogP contribution in [0.15, 0.2) is 0 Å². The highest BCUT2D eigenvalue weighted by atomic mass is 16.3. The molecule has 2 fully saturated rings. The van der Waals surface area contributed by atoms with Crippen molar-refractivity contribution in [2.24, 2.45) is 11.8 Å². The molecule has 1 heterocycles. The maximum absolute atomic E-state index is 12.0. The van der Waals surface area contributed by atoms with Crippen LogP contribution in [0.1, 0.15) is 58.3 Å². The summed E-state index contributed by atoms with van der Waals surface area (Å²) in [5.74, 6) is 1.64. The summed E-state index contributed by atoms with van der Waals surface area (Å²) in [6.07, 6.45) is 9.43. The Kier molecular flexibility index (Phi) is 6.30. The van der Waals surface area contributed by atoms with E-state index >= 15 is 0 Å². The van der Waals surface area contributed by atoms with Gasteiger partial charge in [0.05, 0.1) is 12.1 Å². The number of aliphatic hydroxyl groups is 1. The molecule has 1 aliphatic carbocycles. The van der Waals surface area contributed by atoms with Crippen LogP contribution >= 0.6 is 0 Å². The van der Waals surface area contributed by atoms with E-state index in [0.29, 0.717) is 18.9 Å². The Bertz CT molecular complexity index is 301. The monoisotopic (exact) mass is 282 g/mol. The van der Waals surface area contributed by atoms with Crippen molar-refractivity contribution < 1.29 is 9.90 Å². The average Bonchev–Trinajstić information content (AvgIpc) is 2.90. The van der Waals surface area contributed by atoms with Crippen LogP contribution in [-0.4, -0.2) is 36.2 Å². The van der Waals surface area contributed by atoms with Crippen molar-refractivity contribution in [2.45, 2.75) is 70.4 Å². The Morgan fingerprint density at radius 1 is 1.25 bits per heavy atom. The molecular weight excluding hydrogens is 252 g/mol. The van der Waals surface area contributed by atoms with Gasteiger partial charge in [0.25, 0.3) is 0 Å². The summed E-state index contributed by atoms with van der Waals surface area (Å²) < 4.78 is 0. The standard InChI is InChI=1S/C16H30N2O2/c1-2-3-4-12-5-7-13(8-6-12)10-18-16(20)15-9-14(19)11-17-15/h12-15,17,19H,2-11H2,1H3,(H,18,20). The molecule has 2 unspecified atom stereocenters. The van der Waals surface area contributed by atoms with Crippen LogP contribution in [0.2, 0.25) is 0 Å². The number of hydrogen-bond donors (Lipinski definition) is 3. The van der Waals surface area contributed by atoms with Crippen LogP contribution in [0.5, 0.6) is 0 Å². The Morgan fingerprint density at radius 3 is 2.55 bits per heavy atom. The van der Waals surface area contributed by atoms with Gasteiger partial charge in [0.2, 0.25) is 5.91 Å². The van der Waals surface area contributed by atoms with Crippen LogP contribution in [0.4, 0.5) is 0 Å². The van der Waals surface area contributed by atoms with Crippen molar-refractivity contribution in [2.75, 3.05) is 13.1 Å². The van der Waals surface area contributed by atoms with Crippen LogP contribution in [0.3, 0.4) is 0 Å². The van der Waals surface area contributed by atoms with Crippen molar-refractivity contribution >= 4 is 5.91 Å². The fourth-order valence-electron chi connectivity index (χ4n) is 3.50. The van der Waals surface area contributed by atoms with Crippen LogP contribution in [-0.2, 0) is 4.79 Å². The Balaban J connectivity index is 1.60. The topological polar surface area (TPSA) is 61.4 Å². The number of carbonyl (C=O) groups is 1. The third-order valence-electron chi connectivity index (χ3n) is 4.92. The van der Waals surface area contributed by atoms with Gasteiger partial charge in [-0.25, -0.2) is 0 Å². The lowest BCUT2D eigenvalue weighted by atomic mass is 9.80. The minimum absolute atomic E-state index is 0.0645. The van der Waals surface area contributed by atoms with Gasteiger partial charge in [-0.2, -0.15) is 0 Å². The summed E-state index contributed by atoms with van der Waals surface area (Å²) in [5.41, 5.74) is 0. The first-order valence-electron chi connectivity index (χ1n) is 8.38. The summed E-state index contributed by atoms with van der Waals surface area (Å²) in [7, 11) is 0. The Hall–Kier alpha value is -0.610. The van der Waals surface area contributed by atoms with Gasteiger partial charge < -0.3 is 15.7 Å². The molecule has 116 valence electrons. The number of rotatable bonds is 6. The van der Waals surface area contributed by atoms with Gasteiger partial charge in [0.1, 0.15) is 0 Å². The van der Waals surface area contributed by atoms with Gasteiger partial charge >= 0.3 is 0 Å². The predicted molar refractivity (Wildman–Crippen MR) is 80.4 cm³/mol. The van der Waals surface area contributed by atoms with E-state index in [0.717, 1.165) is 12.5 Å². The number of carbonyl (C=O) groups excluding carboxylic acids is 1. The van der Waals surface area contributed by atoms with Gasteiger partial charge in [0.15, 0.2) is 0 Å². The number of amides is 1. The second-order valence-corrected chi connectivity index (χ2v) is 6.62. The summed E-state index contributed by atoms with van der Waals surface area (Å²) in [5, 5.41) is 15.5. The molecule has 0 aromatic rings. The number of aliphatic hydroxyl groups excluding tert-OH is 1. The quantitative estimate of drug-likeness (QED) is 0.696. The van der Waals surface area contributed by atoms with E-state index in [1.165, 1.54) is 44.9 Å². The lowest BCUT2D eigenvalue weighted by Crippen LogP contribution is -2.42. The third-order valence-corrected chi connectivity index (χ3v) is 4.92. The number of unbranched alkanes of at least 4 members (excludes halogenated alkanes) is 1. The highest BCUT2D eigenvalue weighted by Gasteiger charge is 2.28. The van der Waals surface area contributed by atoms with E-state index in [2.05, 4.69) is 17.6 Å². The van der Waals surface area contributed by atoms with E-state index < -0.39 is 0 Å². The molecule has 0 bridgehead atoms. The third kappa shape index (κ3) is 4.74. The fraction of sp³-hybridized carbons (Fsp3) is 0.938. The van der Waals surface area contributed by atoms with Gasteiger partial charge in [-0.05, 0) is 31.1 Å². The minimum Gasteiger partial charge on any atom is -0.392 e. The molecule has 0 radical (unpaired) electrons. The lowest BCUT2D eigenvalue weighted by molar-refractivity contribution is -0.123. The molecule has 4 nitrogen and oxygen atoms in total. The molecule has 0 spiro atoms. The molecule has 2 atom stereocenters. The predicted octanol–water partition coefficient (Wildman–Crippen LogP) is 1.82. The first-order chi connectivity index (χ1) is 9.69. The highest BCUT2D eigenvalue weighted by molar-refractivity contribution is 5.82. The average molecular weight is 282 g/mol. The van der Waals surface area contributed by atoms with Crippen LogP contribution in [0.25, 0.3) is 0 Å². The molecule has 0 aromatic carbocycles. The first-order valence-corrected chi connectivity index (χ1v) is 8.38. The smallest absolute Gasteiger partial charge is 0.237 e. The van der Waals surface area contributed by atoms with Gasteiger partial charge in [-0.3, -0.25) is 4.79 Å². The summed E-state index contributed by atoms with van der Waals surface area (Å²) in [6, 6.07) is -0.189. The summed E-state index contributed by atoms with van der Waals surface area (Å²) in [4.78, 5) is 12.0. The normalized spacial score (nSPS) is 34.1. The zero-order valence-corrected chi connectivity index (χ0v) is 12.7. The molecule has 2 rings (SSSR count). The molecule has 1 amide bonds. The van der Waals surface area contributed by atoms with Crippen molar-refractivity contribution in [3.05, 3.63) is 0 Å². The number of β-amino-alcohol motifs (C(OH)–C–C–N with tert-alkyl or cyclic N) is 1. The largest absolute Gasteiger partial charge is 0.392 e. The summed E-state index contributed by atoms with van der Waals surface area (Å²) in [6.45, 7) is 3.61. The van der Waals surface area contributed by atoms with E-state index in [4.69, 9.17) is 0 Å². The number of hydrogen-bond acceptors (Lipinski definition) is 3. The molecule has 1 saturated carbocycles. The molecule has 2 aliphatic rings. The van der Waals surface area contributed by atoms with Crippen molar-refractivity contribution in [1.82, 2.24) is 10.6 Å². The Morgan fingerprint density at radius 2 is 1.95 bits per heavy atom. The second-order valence-electron chi connectivity index (χ2n) is 6.62. The molecule has 1 aliphatic heterocycles. The molecule has 3 N–H and O–H groups in total.